The second-order valence-corrected chi connectivity index (χ2v) is 4.05. The number of amides is 1. The maximum absolute atomic E-state index is 11.7. The molecule has 0 radical (unpaired) electrons. The van der Waals surface area contributed by atoms with Crippen molar-refractivity contribution >= 4 is 5.91 Å². The lowest BCUT2D eigenvalue weighted by molar-refractivity contribution is -0.135. The van der Waals surface area contributed by atoms with Crippen LogP contribution in [0, 0.1) is 5.92 Å². The van der Waals surface area contributed by atoms with Gasteiger partial charge in [-0.25, -0.2) is 0 Å². The molecule has 1 saturated heterocycles. The molecule has 4 nitrogen and oxygen atoms in total. The first-order valence-electron chi connectivity index (χ1n) is 4.67. The number of hydrogen-bond acceptors (Lipinski definition) is 3. The van der Waals surface area contributed by atoms with Crippen LogP contribution in [0.2, 0.25) is 0 Å². The van der Waals surface area contributed by atoms with Crippen LogP contribution in [0.4, 0.5) is 0 Å². The van der Waals surface area contributed by atoms with Gasteiger partial charge in [-0.2, -0.15) is 0 Å². The molecule has 76 valence electrons. The van der Waals surface area contributed by atoms with Crippen molar-refractivity contribution in [2.75, 3.05) is 34.2 Å². The van der Waals surface area contributed by atoms with Gasteiger partial charge in [0.1, 0.15) is 0 Å². The minimum Gasteiger partial charge on any atom is -0.348 e. The number of likely N-dealkylation sites (tertiary alicyclic amines) is 1. The van der Waals surface area contributed by atoms with Gasteiger partial charge in [0.25, 0.3) is 0 Å². The van der Waals surface area contributed by atoms with E-state index >= 15 is 0 Å². The van der Waals surface area contributed by atoms with Crippen LogP contribution in [-0.4, -0.2) is 56.0 Å². The molecule has 0 bridgehead atoms. The Bertz CT molecular complexity index is 193. The van der Waals surface area contributed by atoms with Crippen molar-refractivity contribution in [1.82, 2.24) is 9.80 Å². The van der Waals surface area contributed by atoms with E-state index in [4.69, 9.17) is 5.73 Å². The summed E-state index contributed by atoms with van der Waals surface area (Å²) in [5.74, 6) is 0.132. The van der Waals surface area contributed by atoms with Crippen molar-refractivity contribution in [3.8, 4) is 0 Å². The Balaban J connectivity index is 2.60. The van der Waals surface area contributed by atoms with Crippen LogP contribution in [-0.2, 0) is 4.79 Å². The third-order valence-corrected chi connectivity index (χ3v) is 2.63. The maximum atomic E-state index is 11.7. The van der Waals surface area contributed by atoms with Crippen molar-refractivity contribution in [2.45, 2.75) is 12.5 Å². The lowest BCUT2D eigenvalue weighted by Crippen LogP contribution is -2.51. The maximum Gasteiger partial charge on any atom is 0.228 e. The number of nitrogens with zero attached hydrogens (tertiary/aromatic N) is 2. The Labute approximate surface area is 79.7 Å². The smallest absolute Gasteiger partial charge is 0.228 e. The van der Waals surface area contributed by atoms with Crippen LogP contribution in [0.1, 0.15) is 6.42 Å². The van der Waals surface area contributed by atoms with E-state index in [9.17, 15) is 4.79 Å². The first kappa shape index (κ1) is 10.5. The average molecular weight is 185 g/mol. The number of hydrogen-bond donors (Lipinski definition) is 1. The molecular formula is C9H19N3O. The summed E-state index contributed by atoms with van der Waals surface area (Å²) in [7, 11) is 5.59. The summed E-state index contributed by atoms with van der Waals surface area (Å²) in [4.78, 5) is 15.5. The SMILES string of the molecule is CN1CC[C@@H](N)C(C(=O)N(C)C)C1. The number of piperidine rings is 1. The first-order valence-corrected chi connectivity index (χ1v) is 4.67. The predicted octanol–water partition coefficient (Wildman–Crippen LogP) is -0.646. The van der Waals surface area contributed by atoms with Crippen molar-refractivity contribution in [3.63, 3.8) is 0 Å². The molecule has 0 saturated carbocycles. The van der Waals surface area contributed by atoms with E-state index in [-0.39, 0.29) is 17.9 Å². The van der Waals surface area contributed by atoms with Crippen LogP contribution >= 0.6 is 0 Å². The molecule has 2 N–H and O–H groups in total. The van der Waals surface area contributed by atoms with Gasteiger partial charge in [-0.3, -0.25) is 4.79 Å². The van der Waals surface area contributed by atoms with E-state index in [2.05, 4.69) is 4.90 Å². The number of carbonyl (C=O) groups excluding carboxylic acids is 1. The molecule has 1 aliphatic rings. The zero-order chi connectivity index (χ0) is 10.0. The molecule has 2 atom stereocenters. The molecule has 0 aliphatic carbocycles. The van der Waals surface area contributed by atoms with Crippen molar-refractivity contribution in [2.24, 2.45) is 11.7 Å². The molecule has 1 rings (SSSR count). The number of nitrogens with two attached hydrogens (primary N) is 1. The van der Waals surface area contributed by atoms with Crippen LogP contribution in [0.5, 0.6) is 0 Å². The molecule has 1 amide bonds. The summed E-state index contributed by atoms with van der Waals surface area (Å²) in [6, 6.07) is 0.0334. The highest BCUT2D eigenvalue weighted by atomic mass is 16.2. The van der Waals surface area contributed by atoms with Crippen LogP contribution < -0.4 is 5.73 Å². The number of carbonyl (C=O) groups is 1. The first-order chi connectivity index (χ1) is 6.02. The zero-order valence-corrected chi connectivity index (χ0v) is 8.66. The van der Waals surface area contributed by atoms with E-state index in [1.54, 1.807) is 19.0 Å². The minimum absolute atomic E-state index is 0.0197. The Morgan fingerprint density at radius 1 is 1.54 bits per heavy atom. The van der Waals surface area contributed by atoms with Crippen molar-refractivity contribution in [3.05, 3.63) is 0 Å². The van der Waals surface area contributed by atoms with Gasteiger partial charge in [0.2, 0.25) is 5.91 Å². The monoisotopic (exact) mass is 185 g/mol. The second kappa shape index (κ2) is 4.07. The van der Waals surface area contributed by atoms with Crippen molar-refractivity contribution in [1.29, 1.82) is 0 Å². The summed E-state index contributed by atoms with van der Waals surface area (Å²) in [6.07, 6.45) is 0.917. The normalized spacial score (nSPS) is 30.2. The highest BCUT2D eigenvalue weighted by Gasteiger charge is 2.31. The van der Waals surface area contributed by atoms with E-state index in [1.165, 1.54) is 0 Å². The van der Waals surface area contributed by atoms with Gasteiger partial charge in [-0.05, 0) is 20.0 Å². The van der Waals surface area contributed by atoms with Gasteiger partial charge < -0.3 is 15.5 Å². The standard InChI is InChI=1S/C9H19N3O/c1-11(2)9(13)7-6-12(3)5-4-8(7)10/h7-8H,4-6,10H2,1-3H3/t7?,8-/m1/s1. The molecule has 1 heterocycles. The Morgan fingerprint density at radius 2 is 2.15 bits per heavy atom. The van der Waals surface area contributed by atoms with Crippen LogP contribution in [0.15, 0.2) is 0 Å². The lowest BCUT2D eigenvalue weighted by Gasteiger charge is -2.34. The van der Waals surface area contributed by atoms with E-state index < -0.39 is 0 Å². The van der Waals surface area contributed by atoms with Gasteiger partial charge in [0.15, 0.2) is 0 Å². The third-order valence-electron chi connectivity index (χ3n) is 2.63. The average Bonchev–Trinajstić information content (AvgIpc) is 2.08. The van der Waals surface area contributed by atoms with Crippen molar-refractivity contribution < 1.29 is 4.79 Å². The fraction of sp³-hybridized carbons (Fsp3) is 0.889. The molecule has 1 aliphatic heterocycles. The van der Waals surface area contributed by atoms with E-state index in [0.717, 1.165) is 19.5 Å². The Hall–Kier alpha value is -0.610. The summed E-state index contributed by atoms with van der Waals surface area (Å²) in [6.45, 7) is 1.79. The minimum atomic E-state index is -0.0197. The largest absolute Gasteiger partial charge is 0.348 e. The van der Waals surface area contributed by atoms with Gasteiger partial charge >= 0.3 is 0 Å². The highest BCUT2D eigenvalue weighted by Crippen LogP contribution is 2.15. The van der Waals surface area contributed by atoms with E-state index in [1.807, 2.05) is 7.05 Å². The summed E-state index contributed by atoms with van der Waals surface area (Å²) in [5.41, 5.74) is 5.91. The third kappa shape index (κ3) is 2.42. The Kier molecular flexibility index (Phi) is 3.27. The topological polar surface area (TPSA) is 49.6 Å². The summed E-state index contributed by atoms with van der Waals surface area (Å²) < 4.78 is 0. The molecule has 4 heteroatoms. The summed E-state index contributed by atoms with van der Waals surface area (Å²) >= 11 is 0. The predicted molar refractivity (Wildman–Crippen MR) is 52.3 cm³/mol. The molecule has 13 heavy (non-hydrogen) atoms. The van der Waals surface area contributed by atoms with E-state index in [0.29, 0.717) is 0 Å². The van der Waals surface area contributed by atoms with Crippen LogP contribution in [0.3, 0.4) is 0 Å². The molecule has 1 fully saturated rings. The fourth-order valence-corrected chi connectivity index (χ4v) is 1.73. The molecule has 0 spiro atoms. The highest BCUT2D eigenvalue weighted by molar-refractivity contribution is 5.79. The molecule has 0 aromatic heterocycles. The molecular weight excluding hydrogens is 166 g/mol. The van der Waals surface area contributed by atoms with Crippen LogP contribution in [0.25, 0.3) is 0 Å². The second-order valence-electron chi connectivity index (χ2n) is 4.05. The van der Waals surface area contributed by atoms with Gasteiger partial charge in [0, 0.05) is 26.7 Å². The number of rotatable bonds is 1. The van der Waals surface area contributed by atoms with Gasteiger partial charge in [0.05, 0.1) is 5.92 Å². The Morgan fingerprint density at radius 3 is 2.69 bits per heavy atom. The van der Waals surface area contributed by atoms with Gasteiger partial charge in [-0.1, -0.05) is 0 Å². The molecule has 1 unspecified atom stereocenters. The lowest BCUT2D eigenvalue weighted by atomic mass is 9.92. The zero-order valence-electron chi connectivity index (χ0n) is 8.66. The molecule has 0 aromatic carbocycles. The molecule has 0 aromatic rings. The summed E-state index contributed by atoms with van der Waals surface area (Å²) in [5, 5.41) is 0. The van der Waals surface area contributed by atoms with Gasteiger partial charge in [-0.15, -0.1) is 0 Å². The fourth-order valence-electron chi connectivity index (χ4n) is 1.73. The quantitative estimate of drug-likeness (QED) is 0.591.